The van der Waals surface area contributed by atoms with Crippen molar-refractivity contribution in [2.24, 2.45) is 0 Å². The highest BCUT2D eigenvalue weighted by Crippen LogP contribution is 2.33. The average Bonchev–Trinajstić information content (AvgIpc) is 3.36. The molecule has 4 rings (SSSR count). The Balaban J connectivity index is 1.51. The van der Waals surface area contributed by atoms with E-state index in [1.165, 1.54) is 0 Å². The summed E-state index contributed by atoms with van der Waals surface area (Å²) in [5.74, 6) is 1.78. The van der Waals surface area contributed by atoms with E-state index in [1.54, 1.807) is 10.7 Å². The van der Waals surface area contributed by atoms with E-state index in [-0.39, 0.29) is 18.1 Å². The van der Waals surface area contributed by atoms with Crippen molar-refractivity contribution in [1.82, 2.24) is 34.3 Å². The van der Waals surface area contributed by atoms with E-state index in [2.05, 4.69) is 38.6 Å². The van der Waals surface area contributed by atoms with Crippen molar-refractivity contribution in [1.29, 1.82) is 0 Å². The molecule has 9 heteroatoms. The van der Waals surface area contributed by atoms with Gasteiger partial charge in [0.05, 0.1) is 12.1 Å². The fourth-order valence-corrected chi connectivity index (χ4v) is 4.27. The van der Waals surface area contributed by atoms with Crippen LogP contribution >= 0.6 is 0 Å². The number of aryl methyl sites for hydroxylation is 1. The van der Waals surface area contributed by atoms with Crippen molar-refractivity contribution in [3.63, 3.8) is 0 Å². The lowest BCUT2D eigenvalue weighted by Crippen LogP contribution is -2.35. The Morgan fingerprint density at radius 2 is 2.11 bits per heavy atom. The van der Waals surface area contributed by atoms with Crippen LogP contribution < -0.4 is 0 Å². The number of nitrogens with zero attached hydrogens (tertiary/aromatic N) is 7. The van der Waals surface area contributed by atoms with Crippen LogP contribution in [0.15, 0.2) is 12.3 Å². The Bertz CT molecular complexity index is 843. The molecule has 0 unspecified atom stereocenters. The molecular formula is C19H29N7O2. The summed E-state index contributed by atoms with van der Waals surface area (Å²) < 4.78 is 3.92. The Morgan fingerprint density at radius 1 is 1.29 bits per heavy atom. The van der Waals surface area contributed by atoms with Gasteiger partial charge >= 0.3 is 0 Å². The number of fused-ring (bicyclic) bond motifs is 1. The minimum atomic E-state index is -0.335. The van der Waals surface area contributed by atoms with Gasteiger partial charge in [0.15, 0.2) is 5.82 Å². The second kappa shape index (κ2) is 7.63. The van der Waals surface area contributed by atoms with Crippen molar-refractivity contribution in [2.75, 3.05) is 19.6 Å². The number of β-amino-alcohol motifs (C(OH)–C–C–N with tert-alkyl or cyclic N) is 1. The van der Waals surface area contributed by atoms with E-state index in [1.807, 2.05) is 18.0 Å². The Hall–Kier alpha value is -2.26. The van der Waals surface area contributed by atoms with Gasteiger partial charge in [-0.3, -0.25) is 14.4 Å². The lowest BCUT2D eigenvalue weighted by Gasteiger charge is -2.27. The molecule has 2 aliphatic rings. The van der Waals surface area contributed by atoms with Gasteiger partial charge in [-0.15, -0.1) is 10.2 Å². The number of hydrogen-bond acceptors (Lipinski definition) is 6. The van der Waals surface area contributed by atoms with Crippen LogP contribution in [-0.4, -0.2) is 77.1 Å². The first-order valence-electron chi connectivity index (χ1n) is 10.2. The molecule has 152 valence electrons. The maximum atomic E-state index is 12.8. The summed E-state index contributed by atoms with van der Waals surface area (Å²) in [5.41, 5.74) is 0.490. The van der Waals surface area contributed by atoms with Crippen molar-refractivity contribution in [3.8, 4) is 0 Å². The summed E-state index contributed by atoms with van der Waals surface area (Å²) in [5, 5.41) is 23.4. The lowest BCUT2D eigenvalue weighted by atomic mass is 10.1. The first-order valence-corrected chi connectivity index (χ1v) is 10.2. The number of rotatable bonds is 4. The average molecular weight is 387 g/mol. The minimum Gasteiger partial charge on any atom is -0.392 e. The van der Waals surface area contributed by atoms with Gasteiger partial charge in [-0.2, -0.15) is 5.10 Å². The second-order valence-corrected chi connectivity index (χ2v) is 7.92. The van der Waals surface area contributed by atoms with Gasteiger partial charge in [0.2, 0.25) is 0 Å². The molecular weight excluding hydrogens is 358 g/mol. The molecule has 1 amide bonds. The van der Waals surface area contributed by atoms with Crippen LogP contribution in [0.5, 0.6) is 0 Å². The van der Waals surface area contributed by atoms with E-state index < -0.39 is 0 Å². The van der Waals surface area contributed by atoms with E-state index in [9.17, 15) is 9.90 Å². The topological polar surface area (TPSA) is 92.3 Å². The highest BCUT2D eigenvalue weighted by atomic mass is 16.3. The van der Waals surface area contributed by atoms with Crippen LogP contribution in [0.25, 0.3) is 0 Å². The molecule has 0 spiro atoms. The van der Waals surface area contributed by atoms with Crippen LogP contribution in [0.2, 0.25) is 0 Å². The zero-order valence-corrected chi connectivity index (χ0v) is 16.8. The number of carbonyl (C=O) groups excluding carboxylic acids is 1. The maximum absolute atomic E-state index is 12.8. The molecule has 0 aliphatic carbocycles. The number of carbonyl (C=O) groups is 1. The van der Waals surface area contributed by atoms with Crippen molar-refractivity contribution >= 4 is 5.91 Å². The second-order valence-electron chi connectivity index (χ2n) is 7.92. The normalized spacial score (nSPS) is 23.2. The molecule has 1 saturated heterocycles. The number of amides is 1. The number of aliphatic hydroxyl groups is 1. The maximum Gasteiger partial charge on any atom is 0.274 e. The SMILES string of the molecule is CCn1ccc(C(=O)N2CCc3nnc([C@@H]4C[C@@H](O)CN4C(C)C)n3CC2)n1. The lowest BCUT2D eigenvalue weighted by molar-refractivity contribution is 0.0751. The van der Waals surface area contributed by atoms with Gasteiger partial charge in [-0.05, 0) is 33.3 Å². The summed E-state index contributed by atoms with van der Waals surface area (Å²) in [6, 6.07) is 2.18. The summed E-state index contributed by atoms with van der Waals surface area (Å²) in [6.45, 7) is 9.56. The smallest absolute Gasteiger partial charge is 0.274 e. The number of aliphatic hydroxyl groups excluding tert-OH is 1. The fraction of sp³-hybridized carbons (Fsp3) is 0.684. The monoisotopic (exact) mass is 387 g/mol. The fourth-order valence-electron chi connectivity index (χ4n) is 4.27. The predicted molar refractivity (Wildman–Crippen MR) is 103 cm³/mol. The Kier molecular flexibility index (Phi) is 5.20. The molecule has 9 nitrogen and oxygen atoms in total. The molecule has 0 bridgehead atoms. The standard InChI is InChI=1S/C19H29N7O2/c1-4-24-8-5-15(22-24)19(28)23-7-6-17-20-21-18(25(17)10-9-23)16-11-14(27)12-26(16)13(2)3/h5,8,13-14,16,27H,4,6-7,9-12H2,1-3H3/t14-,16+/m1/s1. The molecule has 0 aromatic carbocycles. The molecule has 2 atom stereocenters. The first-order chi connectivity index (χ1) is 13.5. The van der Waals surface area contributed by atoms with E-state index in [0.29, 0.717) is 50.8 Å². The zero-order valence-electron chi connectivity index (χ0n) is 16.8. The summed E-state index contributed by atoms with van der Waals surface area (Å²) >= 11 is 0. The van der Waals surface area contributed by atoms with E-state index in [4.69, 9.17) is 0 Å². The quantitative estimate of drug-likeness (QED) is 0.831. The molecule has 4 heterocycles. The van der Waals surface area contributed by atoms with Crippen LogP contribution in [0.4, 0.5) is 0 Å². The largest absolute Gasteiger partial charge is 0.392 e. The Labute approximate surface area is 164 Å². The van der Waals surface area contributed by atoms with Crippen molar-refractivity contribution in [2.45, 2.75) is 64.9 Å². The van der Waals surface area contributed by atoms with Crippen molar-refractivity contribution in [3.05, 3.63) is 29.6 Å². The van der Waals surface area contributed by atoms with E-state index >= 15 is 0 Å². The van der Waals surface area contributed by atoms with Gasteiger partial charge in [-0.1, -0.05) is 0 Å². The van der Waals surface area contributed by atoms with Crippen LogP contribution in [0.1, 0.15) is 55.4 Å². The van der Waals surface area contributed by atoms with Gasteiger partial charge in [0.1, 0.15) is 11.5 Å². The van der Waals surface area contributed by atoms with Gasteiger partial charge < -0.3 is 14.6 Å². The van der Waals surface area contributed by atoms with Crippen LogP contribution in [0.3, 0.4) is 0 Å². The summed E-state index contributed by atoms with van der Waals surface area (Å²) in [7, 11) is 0. The van der Waals surface area contributed by atoms with Crippen LogP contribution in [0, 0.1) is 0 Å². The molecule has 2 aromatic heterocycles. The minimum absolute atomic E-state index is 0.0347. The third-order valence-corrected chi connectivity index (χ3v) is 5.80. The molecule has 1 N–H and O–H groups in total. The molecule has 28 heavy (non-hydrogen) atoms. The molecule has 0 saturated carbocycles. The molecule has 1 fully saturated rings. The van der Waals surface area contributed by atoms with Crippen molar-refractivity contribution < 1.29 is 9.90 Å². The van der Waals surface area contributed by atoms with Gasteiger partial charge in [0, 0.05) is 51.4 Å². The third kappa shape index (κ3) is 3.44. The van der Waals surface area contributed by atoms with Gasteiger partial charge in [-0.25, -0.2) is 0 Å². The predicted octanol–water partition coefficient (Wildman–Crippen LogP) is 0.709. The number of aromatic nitrogens is 5. The molecule has 2 aromatic rings. The summed E-state index contributed by atoms with van der Waals surface area (Å²) in [6.07, 6.45) is 2.85. The molecule has 0 radical (unpaired) electrons. The van der Waals surface area contributed by atoms with Gasteiger partial charge in [0.25, 0.3) is 5.91 Å². The van der Waals surface area contributed by atoms with Crippen LogP contribution in [-0.2, 0) is 19.5 Å². The first kappa shape index (κ1) is 19.1. The molecule has 2 aliphatic heterocycles. The number of hydrogen-bond donors (Lipinski definition) is 1. The van der Waals surface area contributed by atoms with E-state index in [0.717, 1.165) is 18.2 Å². The highest BCUT2D eigenvalue weighted by molar-refractivity contribution is 5.92. The summed E-state index contributed by atoms with van der Waals surface area (Å²) in [4.78, 5) is 17.0. The highest BCUT2D eigenvalue weighted by Gasteiger charge is 2.37. The zero-order chi connectivity index (χ0) is 19.8. The third-order valence-electron chi connectivity index (χ3n) is 5.80. The Morgan fingerprint density at radius 3 is 2.82 bits per heavy atom. The number of likely N-dealkylation sites (tertiary alicyclic amines) is 1.